The Morgan fingerprint density at radius 2 is 1.22 bits per heavy atom. The maximum atomic E-state index is 13.0. The van der Waals surface area contributed by atoms with E-state index in [-0.39, 0.29) is 74.3 Å². The van der Waals surface area contributed by atoms with Gasteiger partial charge >= 0.3 is 24.8 Å². The summed E-state index contributed by atoms with van der Waals surface area (Å²) in [6.07, 6.45) is 7.29. The molecule has 31 heteroatoms. The van der Waals surface area contributed by atoms with Gasteiger partial charge in [0.15, 0.2) is 17.5 Å². The van der Waals surface area contributed by atoms with Crippen molar-refractivity contribution >= 4 is 153 Å². The summed E-state index contributed by atoms with van der Waals surface area (Å²) in [4.78, 5) is 8.34. The van der Waals surface area contributed by atoms with Crippen molar-refractivity contribution in [3.63, 3.8) is 0 Å². The third-order valence-electron chi connectivity index (χ3n) is 7.74. The molecule has 0 saturated heterocycles. The molecule has 4 N–H and O–H groups in total. The van der Waals surface area contributed by atoms with E-state index in [2.05, 4.69) is 117 Å². The maximum absolute atomic E-state index is 13.0. The number of hydrogen-bond donors (Lipinski definition) is 5. The number of pyridine rings is 2. The molecule has 2 aromatic carbocycles. The Morgan fingerprint density at radius 1 is 0.683 bits per heavy atom. The van der Waals surface area contributed by atoms with Gasteiger partial charge in [-0.15, -0.1) is 20.4 Å². The van der Waals surface area contributed by atoms with Gasteiger partial charge in [-0.1, -0.05) is 69.6 Å². The first kappa shape index (κ1) is 48.3. The SMILES string of the molecule is O=S(=O)(Nc1cc(Cl)cnc1-c1nnc(Br)n1-c1[nH]ncc1Br)c1ccc(Cl)c(Cl)c1.O=S(=O)(Nc1cc(Cl)cnc1-c1nncn1-c1ccn[nH]1)c1ccc(Cl)c(Cl)c1.[B]=NS. The van der Waals surface area contributed by atoms with Gasteiger partial charge in [0, 0.05) is 18.5 Å². The predicted molar refractivity (Wildman–Crippen MR) is 251 cm³/mol. The van der Waals surface area contributed by atoms with Gasteiger partial charge in [0.2, 0.25) is 4.73 Å². The van der Waals surface area contributed by atoms with Crippen LogP contribution in [0.4, 0.5) is 11.4 Å². The van der Waals surface area contributed by atoms with Crippen molar-refractivity contribution in [1.29, 1.82) is 0 Å². The molecule has 6 heterocycles. The fourth-order valence-corrected chi connectivity index (χ4v) is 9.08. The molecular formula is C32H19BBr2Cl6N15O4S3. The van der Waals surface area contributed by atoms with Crippen LogP contribution in [0.1, 0.15) is 0 Å². The molecule has 0 fully saturated rings. The molecule has 0 aliphatic rings. The van der Waals surface area contributed by atoms with Crippen LogP contribution in [0, 0.1) is 0 Å². The van der Waals surface area contributed by atoms with Crippen LogP contribution in [0.15, 0.2) is 109 Å². The van der Waals surface area contributed by atoms with Gasteiger partial charge in [0.05, 0.1) is 68.2 Å². The fourth-order valence-electron chi connectivity index (χ4n) is 5.08. The molecule has 323 valence electrons. The number of hydrogen-bond acceptors (Lipinski definition) is 14. The molecule has 6 aromatic heterocycles. The summed E-state index contributed by atoms with van der Waals surface area (Å²) in [6.45, 7) is 0. The van der Waals surface area contributed by atoms with Crippen LogP contribution in [0.3, 0.4) is 0 Å². The topological polar surface area (TPSA) is 249 Å². The molecule has 63 heavy (non-hydrogen) atoms. The molecule has 0 bridgehead atoms. The number of rotatable bonds is 10. The zero-order valence-corrected chi connectivity index (χ0v) is 40.7. The van der Waals surface area contributed by atoms with E-state index in [1.54, 1.807) is 27.6 Å². The third kappa shape index (κ3) is 11.4. The monoisotopic (exact) mass is 1150 g/mol. The number of nitrogens with zero attached hydrogens (tertiary/aromatic N) is 11. The van der Waals surface area contributed by atoms with Crippen LogP contribution < -0.4 is 9.44 Å². The minimum absolute atomic E-state index is 0.0761. The molecule has 0 saturated carbocycles. The summed E-state index contributed by atoms with van der Waals surface area (Å²) in [5.74, 6) is 1.57. The summed E-state index contributed by atoms with van der Waals surface area (Å²) >= 11 is 45.7. The molecule has 8 aromatic rings. The summed E-state index contributed by atoms with van der Waals surface area (Å²) in [5.41, 5.74) is 0.575. The fraction of sp³-hybridized carbons (Fsp3) is 0. The number of aromatic amines is 2. The van der Waals surface area contributed by atoms with E-state index in [9.17, 15) is 16.8 Å². The second-order valence-electron chi connectivity index (χ2n) is 11.7. The van der Waals surface area contributed by atoms with Crippen molar-refractivity contribution < 1.29 is 16.8 Å². The van der Waals surface area contributed by atoms with E-state index in [1.807, 2.05) is 0 Å². The van der Waals surface area contributed by atoms with Crippen LogP contribution >= 0.6 is 114 Å². The number of halogens is 8. The van der Waals surface area contributed by atoms with Crippen molar-refractivity contribution in [3.8, 4) is 34.7 Å². The Morgan fingerprint density at radius 3 is 1.70 bits per heavy atom. The minimum atomic E-state index is -4.06. The van der Waals surface area contributed by atoms with Gasteiger partial charge in [0.25, 0.3) is 20.0 Å². The zero-order valence-electron chi connectivity index (χ0n) is 30.5. The van der Waals surface area contributed by atoms with E-state index in [1.165, 1.54) is 67.3 Å². The average Bonchev–Trinajstić information content (AvgIpc) is 4.06. The van der Waals surface area contributed by atoms with Crippen molar-refractivity contribution in [2.24, 2.45) is 4.30 Å². The van der Waals surface area contributed by atoms with E-state index >= 15 is 0 Å². The second-order valence-corrected chi connectivity index (χ2v) is 19.4. The quantitative estimate of drug-likeness (QED) is 0.0635. The van der Waals surface area contributed by atoms with Crippen LogP contribution in [0.25, 0.3) is 34.7 Å². The van der Waals surface area contributed by atoms with Crippen LogP contribution in [0.5, 0.6) is 0 Å². The number of thiol groups is 1. The van der Waals surface area contributed by atoms with Gasteiger partial charge in [-0.2, -0.15) is 10.2 Å². The molecule has 19 nitrogen and oxygen atoms in total. The molecule has 0 unspecified atom stereocenters. The standard InChI is InChI=1S/C16H8Br2Cl3N7O2S.C16H10Cl3N7O2S.BHNS/c17-9-6-23-24-14(9)28-15(25-26-16(28)18)13-12(3-7(19)5-22-13)27-31(29,30)8-1-2-10(20)11(21)4-8;17-9-5-13(25-29(27,28)10-1-2-11(18)12(19)6-10)15(20-7-9)16-24-22-8-26(16)14-3-4-21-23-14;1-2-3/h1-6,27H,(H,23,24);1-8,25H,(H,21,23);3H. The predicted octanol–water partition coefficient (Wildman–Crippen LogP) is 9.34. The molecule has 0 amide bonds. The van der Waals surface area contributed by atoms with Crippen molar-refractivity contribution in [2.75, 3.05) is 9.44 Å². The Hall–Kier alpha value is -4.15. The van der Waals surface area contributed by atoms with Crippen molar-refractivity contribution in [1.82, 2.24) is 59.9 Å². The summed E-state index contributed by atoms with van der Waals surface area (Å²) in [5, 5.41) is 30.6. The number of aromatic nitrogens is 12. The molecule has 0 spiro atoms. The van der Waals surface area contributed by atoms with Crippen molar-refractivity contribution in [3.05, 3.63) is 125 Å². The van der Waals surface area contributed by atoms with Crippen LogP contribution in [-0.2, 0) is 20.0 Å². The number of sulfonamides is 2. The molecule has 8 rings (SSSR count). The number of H-pyrrole nitrogens is 2. The Labute approximate surface area is 409 Å². The number of nitrogens with one attached hydrogen (secondary N) is 4. The first-order chi connectivity index (χ1) is 29.9. The van der Waals surface area contributed by atoms with E-state index in [0.717, 1.165) is 0 Å². The first-order valence-electron chi connectivity index (χ1n) is 16.5. The zero-order chi connectivity index (χ0) is 45.6. The van der Waals surface area contributed by atoms with Gasteiger partial charge in [0.1, 0.15) is 23.5 Å². The van der Waals surface area contributed by atoms with Crippen LogP contribution in [-0.4, -0.2) is 84.4 Å². The Kier molecular flexibility index (Phi) is 15.9. The molecule has 0 aliphatic carbocycles. The van der Waals surface area contributed by atoms with Gasteiger partial charge in [-0.05, 0) is 80.4 Å². The van der Waals surface area contributed by atoms with Gasteiger partial charge in [-0.25, -0.2) is 26.8 Å². The summed E-state index contributed by atoms with van der Waals surface area (Å²) in [7, 11) is -3.74. The van der Waals surface area contributed by atoms with Gasteiger partial charge in [-0.3, -0.25) is 28.8 Å². The normalized spacial score (nSPS) is 11.2. The summed E-state index contributed by atoms with van der Waals surface area (Å²) < 4.78 is 63.4. The third-order valence-corrected chi connectivity index (χ3v) is 13.5. The molecule has 1 radical (unpaired) electrons. The van der Waals surface area contributed by atoms with E-state index in [0.29, 0.717) is 20.8 Å². The summed E-state index contributed by atoms with van der Waals surface area (Å²) in [6, 6.07) is 12.5. The number of benzene rings is 2. The van der Waals surface area contributed by atoms with E-state index in [4.69, 9.17) is 69.6 Å². The van der Waals surface area contributed by atoms with Gasteiger partial charge < -0.3 is 0 Å². The Bertz CT molecular complexity index is 3180. The van der Waals surface area contributed by atoms with Crippen LogP contribution in [0.2, 0.25) is 30.1 Å². The number of anilines is 2. The Balaban J connectivity index is 0.000000198. The molecule has 0 atom stereocenters. The second kappa shape index (κ2) is 20.8. The molecule has 0 aliphatic heterocycles. The molecular weight excluding hydrogens is 1140 g/mol. The van der Waals surface area contributed by atoms with Crippen molar-refractivity contribution in [2.45, 2.75) is 9.79 Å². The van der Waals surface area contributed by atoms with E-state index < -0.39 is 20.0 Å². The average molecular weight is 1160 g/mol. The first-order valence-corrected chi connectivity index (χ1v) is 23.7.